The van der Waals surface area contributed by atoms with Gasteiger partial charge in [0.15, 0.2) is 0 Å². The molecule has 0 bridgehead atoms. The summed E-state index contributed by atoms with van der Waals surface area (Å²) in [4.78, 5) is 13.5. The van der Waals surface area contributed by atoms with Crippen molar-refractivity contribution in [1.82, 2.24) is 5.32 Å². The molecule has 0 heterocycles. The summed E-state index contributed by atoms with van der Waals surface area (Å²) in [6.45, 7) is 5.98. The molecule has 2 rings (SSSR count). The minimum atomic E-state index is -0.140. The number of hydrogen-bond acceptors (Lipinski definition) is 3. The van der Waals surface area contributed by atoms with Crippen LogP contribution in [0.1, 0.15) is 31.0 Å². The van der Waals surface area contributed by atoms with Crippen molar-refractivity contribution in [2.75, 3.05) is 7.11 Å². The largest absolute Gasteiger partial charge is 0.497 e. The van der Waals surface area contributed by atoms with Crippen molar-refractivity contribution in [3.8, 4) is 5.75 Å². The van der Waals surface area contributed by atoms with Crippen molar-refractivity contribution in [1.29, 1.82) is 0 Å². The molecule has 2 atom stereocenters. The van der Waals surface area contributed by atoms with Crippen LogP contribution in [0.3, 0.4) is 0 Å². The zero-order chi connectivity index (χ0) is 16.8. The van der Waals surface area contributed by atoms with Gasteiger partial charge in [0, 0.05) is 4.90 Å². The van der Waals surface area contributed by atoms with E-state index in [2.05, 4.69) is 36.5 Å². The topological polar surface area (TPSA) is 38.3 Å². The fourth-order valence-corrected chi connectivity index (χ4v) is 3.06. The van der Waals surface area contributed by atoms with Gasteiger partial charge in [0.1, 0.15) is 5.75 Å². The molecule has 2 aromatic rings. The third kappa shape index (κ3) is 5.03. The lowest BCUT2D eigenvalue weighted by molar-refractivity contribution is -0.120. The molecule has 0 spiro atoms. The molecule has 2 aromatic carbocycles. The molecule has 122 valence electrons. The Morgan fingerprint density at radius 3 is 2.22 bits per heavy atom. The molecule has 0 unspecified atom stereocenters. The van der Waals surface area contributed by atoms with E-state index < -0.39 is 0 Å². The molecular weight excluding hydrogens is 306 g/mol. The van der Waals surface area contributed by atoms with Crippen LogP contribution in [0.5, 0.6) is 5.75 Å². The molecule has 0 aliphatic heterocycles. The Balaban J connectivity index is 1.92. The SMILES string of the molecule is COc1ccc([C@@H](C)NC(=O)[C@@H](C)Sc2ccc(C)cc2)cc1. The number of amides is 1. The maximum absolute atomic E-state index is 12.4. The number of hydrogen-bond donors (Lipinski definition) is 1. The molecule has 1 amide bonds. The Hall–Kier alpha value is -1.94. The van der Waals surface area contributed by atoms with Crippen molar-refractivity contribution >= 4 is 17.7 Å². The van der Waals surface area contributed by atoms with Crippen LogP contribution < -0.4 is 10.1 Å². The molecule has 3 nitrogen and oxygen atoms in total. The summed E-state index contributed by atoms with van der Waals surface area (Å²) in [5.74, 6) is 0.856. The van der Waals surface area contributed by atoms with Crippen LogP contribution in [-0.2, 0) is 4.79 Å². The van der Waals surface area contributed by atoms with E-state index in [0.29, 0.717) is 0 Å². The number of thioether (sulfide) groups is 1. The molecule has 1 N–H and O–H groups in total. The summed E-state index contributed by atoms with van der Waals surface area (Å²) in [7, 11) is 1.64. The first-order valence-electron chi connectivity index (χ1n) is 7.67. The third-order valence-corrected chi connectivity index (χ3v) is 4.79. The van der Waals surface area contributed by atoms with E-state index >= 15 is 0 Å². The second-order valence-electron chi connectivity index (χ2n) is 5.58. The number of methoxy groups -OCH3 is 1. The number of aryl methyl sites for hydroxylation is 1. The van der Waals surface area contributed by atoms with Crippen molar-refractivity contribution in [2.24, 2.45) is 0 Å². The number of nitrogens with one attached hydrogen (secondary N) is 1. The van der Waals surface area contributed by atoms with Gasteiger partial charge in [0.25, 0.3) is 0 Å². The lowest BCUT2D eigenvalue weighted by atomic mass is 10.1. The number of rotatable bonds is 6. The fraction of sp³-hybridized carbons (Fsp3) is 0.316. The van der Waals surface area contributed by atoms with Crippen LogP contribution in [0.25, 0.3) is 0 Å². The van der Waals surface area contributed by atoms with E-state index in [4.69, 9.17) is 4.74 Å². The van der Waals surface area contributed by atoms with Gasteiger partial charge in [0.2, 0.25) is 5.91 Å². The van der Waals surface area contributed by atoms with Gasteiger partial charge in [-0.05, 0) is 50.6 Å². The highest BCUT2D eigenvalue weighted by Gasteiger charge is 2.17. The monoisotopic (exact) mass is 329 g/mol. The van der Waals surface area contributed by atoms with Crippen molar-refractivity contribution < 1.29 is 9.53 Å². The first-order chi connectivity index (χ1) is 11.0. The van der Waals surface area contributed by atoms with E-state index in [1.165, 1.54) is 5.56 Å². The second kappa shape index (κ2) is 8.06. The van der Waals surface area contributed by atoms with Crippen LogP contribution in [0.4, 0.5) is 0 Å². The number of ether oxygens (including phenoxy) is 1. The highest BCUT2D eigenvalue weighted by atomic mass is 32.2. The first-order valence-corrected chi connectivity index (χ1v) is 8.55. The molecule has 0 aliphatic rings. The zero-order valence-electron chi connectivity index (χ0n) is 14.0. The van der Waals surface area contributed by atoms with Crippen molar-refractivity contribution in [3.63, 3.8) is 0 Å². The highest BCUT2D eigenvalue weighted by Crippen LogP contribution is 2.24. The van der Waals surface area contributed by atoms with Crippen LogP contribution in [-0.4, -0.2) is 18.3 Å². The highest BCUT2D eigenvalue weighted by molar-refractivity contribution is 8.00. The Bertz CT molecular complexity index is 637. The molecule has 0 aliphatic carbocycles. The molecule has 0 saturated carbocycles. The van der Waals surface area contributed by atoms with Crippen LogP contribution >= 0.6 is 11.8 Å². The quantitative estimate of drug-likeness (QED) is 0.800. The van der Waals surface area contributed by atoms with E-state index in [0.717, 1.165) is 16.2 Å². The lowest BCUT2D eigenvalue weighted by Gasteiger charge is -2.18. The maximum atomic E-state index is 12.4. The normalized spacial score (nSPS) is 13.2. The van der Waals surface area contributed by atoms with Gasteiger partial charge in [0.05, 0.1) is 18.4 Å². The first kappa shape index (κ1) is 17.4. The smallest absolute Gasteiger partial charge is 0.233 e. The van der Waals surface area contributed by atoms with Gasteiger partial charge in [-0.25, -0.2) is 0 Å². The molecule has 0 aromatic heterocycles. The summed E-state index contributed by atoms with van der Waals surface area (Å²) in [5.41, 5.74) is 2.28. The van der Waals surface area contributed by atoms with E-state index in [1.807, 2.05) is 38.1 Å². The average Bonchev–Trinajstić information content (AvgIpc) is 2.56. The fourth-order valence-electron chi connectivity index (χ4n) is 2.18. The van der Waals surface area contributed by atoms with Crippen LogP contribution in [0.15, 0.2) is 53.4 Å². The van der Waals surface area contributed by atoms with Crippen LogP contribution in [0, 0.1) is 6.92 Å². The molecule has 23 heavy (non-hydrogen) atoms. The predicted molar refractivity (Wildman–Crippen MR) is 96.0 cm³/mol. The predicted octanol–water partition coefficient (Wildman–Crippen LogP) is 4.36. The Morgan fingerprint density at radius 2 is 1.65 bits per heavy atom. The zero-order valence-corrected chi connectivity index (χ0v) is 14.8. The number of carbonyl (C=O) groups is 1. The van der Waals surface area contributed by atoms with Gasteiger partial charge < -0.3 is 10.1 Å². The van der Waals surface area contributed by atoms with Crippen molar-refractivity contribution in [2.45, 2.75) is 37.0 Å². The summed E-state index contributed by atoms with van der Waals surface area (Å²) in [6.07, 6.45) is 0. The average molecular weight is 329 g/mol. The Kier molecular flexibility index (Phi) is 6.11. The van der Waals surface area contributed by atoms with E-state index in [-0.39, 0.29) is 17.2 Å². The van der Waals surface area contributed by atoms with E-state index in [1.54, 1.807) is 18.9 Å². The molecule has 0 saturated heterocycles. The van der Waals surface area contributed by atoms with Gasteiger partial charge in [-0.15, -0.1) is 11.8 Å². The number of benzene rings is 2. The third-order valence-electron chi connectivity index (χ3n) is 3.68. The molecule has 0 radical (unpaired) electrons. The standard InChI is InChI=1S/C19H23NO2S/c1-13-5-11-18(12-6-13)23-15(3)19(21)20-14(2)16-7-9-17(22-4)10-8-16/h5-12,14-15H,1-4H3,(H,20,21)/t14-,15-/m1/s1. The van der Waals surface area contributed by atoms with Gasteiger partial charge in [-0.3, -0.25) is 4.79 Å². The Labute approximate surface area is 142 Å². The van der Waals surface area contributed by atoms with Gasteiger partial charge in [-0.2, -0.15) is 0 Å². The lowest BCUT2D eigenvalue weighted by Crippen LogP contribution is -2.33. The van der Waals surface area contributed by atoms with Crippen LogP contribution in [0.2, 0.25) is 0 Å². The van der Waals surface area contributed by atoms with E-state index in [9.17, 15) is 4.79 Å². The summed E-state index contributed by atoms with van der Waals surface area (Å²) in [6, 6.07) is 16.0. The summed E-state index contributed by atoms with van der Waals surface area (Å²) >= 11 is 1.57. The maximum Gasteiger partial charge on any atom is 0.233 e. The summed E-state index contributed by atoms with van der Waals surface area (Å²) < 4.78 is 5.15. The molecular formula is C19H23NO2S. The molecule has 4 heteroatoms. The summed E-state index contributed by atoms with van der Waals surface area (Å²) in [5, 5.41) is 2.92. The Morgan fingerprint density at radius 1 is 1.04 bits per heavy atom. The molecule has 0 fully saturated rings. The van der Waals surface area contributed by atoms with Crippen molar-refractivity contribution in [3.05, 3.63) is 59.7 Å². The van der Waals surface area contributed by atoms with Gasteiger partial charge >= 0.3 is 0 Å². The minimum absolute atomic E-state index is 0.0329. The van der Waals surface area contributed by atoms with Gasteiger partial charge in [-0.1, -0.05) is 29.8 Å². The number of carbonyl (C=O) groups excluding carboxylic acids is 1. The minimum Gasteiger partial charge on any atom is -0.497 e. The second-order valence-corrected chi connectivity index (χ2v) is 6.99.